The molecule has 132 valence electrons. The van der Waals surface area contributed by atoms with Gasteiger partial charge in [-0.3, -0.25) is 4.79 Å². The van der Waals surface area contributed by atoms with E-state index in [-0.39, 0.29) is 6.42 Å². The molecule has 0 aliphatic carbocycles. The highest BCUT2D eigenvalue weighted by Crippen LogP contribution is 2.25. The Morgan fingerprint density at radius 2 is 1.58 bits per heavy atom. The van der Waals surface area contributed by atoms with Gasteiger partial charge in [0.1, 0.15) is 11.9 Å². The molecule has 3 aromatic carbocycles. The van der Waals surface area contributed by atoms with Crippen LogP contribution in [0.25, 0.3) is 10.8 Å². The van der Waals surface area contributed by atoms with E-state index in [1.807, 2.05) is 49.4 Å². The number of fused-ring (bicyclic) bond motifs is 1. The normalized spacial score (nSPS) is 11.7. The van der Waals surface area contributed by atoms with Gasteiger partial charge in [0.15, 0.2) is 0 Å². The zero-order valence-corrected chi connectivity index (χ0v) is 14.6. The Morgan fingerprint density at radius 3 is 2.35 bits per heavy atom. The van der Waals surface area contributed by atoms with E-state index < -0.39 is 18.0 Å². The van der Waals surface area contributed by atoms with Gasteiger partial charge in [-0.15, -0.1) is 0 Å². The van der Waals surface area contributed by atoms with Crippen molar-refractivity contribution < 1.29 is 19.1 Å². The summed E-state index contributed by atoms with van der Waals surface area (Å²) in [6.45, 7) is 1.87. The largest absolute Gasteiger partial charge is 0.458 e. The third kappa shape index (κ3) is 4.28. The Hall–Kier alpha value is -3.14. The first-order chi connectivity index (χ1) is 12.7. The molecule has 0 saturated heterocycles. The van der Waals surface area contributed by atoms with E-state index in [0.29, 0.717) is 17.7 Å². The number of benzene rings is 3. The molecule has 3 aromatic rings. The van der Waals surface area contributed by atoms with Crippen LogP contribution in [-0.2, 0) is 9.53 Å². The van der Waals surface area contributed by atoms with Crippen molar-refractivity contribution in [1.82, 2.24) is 0 Å². The summed E-state index contributed by atoms with van der Waals surface area (Å²) in [5, 5.41) is 1.87. The molecule has 4 nitrogen and oxygen atoms in total. The minimum Gasteiger partial charge on any atom is -0.458 e. The second-order valence-corrected chi connectivity index (χ2v) is 5.96. The summed E-state index contributed by atoms with van der Waals surface area (Å²) in [4.78, 5) is 24.5. The molecule has 0 aliphatic heterocycles. The van der Waals surface area contributed by atoms with Gasteiger partial charge in [0.25, 0.3) is 0 Å². The van der Waals surface area contributed by atoms with Crippen LogP contribution < -0.4 is 4.74 Å². The standard InChI is InChI=1S/C22H20O4/c1-2-18(25-22(24)17-10-4-3-5-11-17)15-21(23)26-20-14-8-12-16-9-6-7-13-19(16)20/h3-14,18H,2,15H2,1H3. The van der Waals surface area contributed by atoms with Crippen LogP contribution >= 0.6 is 0 Å². The number of hydrogen-bond acceptors (Lipinski definition) is 4. The van der Waals surface area contributed by atoms with Gasteiger partial charge < -0.3 is 9.47 Å². The first-order valence-corrected chi connectivity index (χ1v) is 8.62. The molecule has 0 aromatic heterocycles. The second kappa shape index (κ2) is 8.30. The summed E-state index contributed by atoms with van der Waals surface area (Å²) in [5.41, 5.74) is 0.466. The van der Waals surface area contributed by atoms with Crippen LogP contribution in [0.2, 0.25) is 0 Å². The Morgan fingerprint density at radius 1 is 0.885 bits per heavy atom. The topological polar surface area (TPSA) is 52.6 Å². The lowest BCUT2D eigenvalue weighted by molar-refractivity contribution is -0.136. The average molecular weight is 348 g/mol. The fourth-order valence-corrected chi connectivity index (χ4v) is 2.70. The van der Waals surface area contributed by atoms with E-state index in [4.69, 9.17) is 9.47 Å². The predicted molar refractivity (Wildman–Crippen MR) is 100 cm³/mol. The molecule has 0 bridgehead atoms. The van der Waals surface area contributed by atoms with Gasteiger partial charge in [0.2, 0.25) is 0 Å². The maximum atomic E-state index is 12.3. The minimum atomic E-state index is -0.523. The fourth-order valence-electron chi connectivity index (χ4n) is 2.70. The van der Waals surface area contributed by atoms with E-state index in [1.54, 1.807) is 30.3 Å². The summed E-state index contributed by atoms with van der Waals surface area (Å²) >= 11 is 0. The first kappa shape index (κ1) is 17.7. The van der Waals surface area contributed by atoms with Crippen LogP contribution in [0.5, 0.6) is 5.75 Å². The summed E-state index contributed by atoms with van der Waals surface area (Å²) < 4.78 is 11.0. The van der Waals surface area contributed by atoms with Crippen molar-refractivity contribution in [2.45, 2.75) is 25.9 Å². The SMILES string of the molecule is CCC(CC(=O)Oc1cccc2ccccc12)OC(=O)c1ccccc1. The van der Waals surface area contributed by atoms with E-state index in [2.05, 4.69) is 0 Å². The van der Waals surface area contributed by atoms with Crippen molar-refractivity contribution in [2.75, 3.05) is 0 Å². The van der Waals surface area contributed by atoms with E-state index >= 15 is 0 Å². The van der Waals surface area contributed by atoms with Crippen LogP contribution in [0.1, 0.15) is 30.1 Å². The smallest absolute Gasteiger partial charge is 0.338 e. The fraction of sp³-hybridized carbons (Fsp3) is 0.182. The van der Waals surface area contributed by atoms with E-state index in [9.17, 15) is 9.59 Å². The number of hydrogen-bond donors (Lipinski definition) is 0. The summed E-state index contributed by atoms with van der Waals surface area (Å²) in [6, 6.07) is 22.0. The molecule has 0 aliphatic rings. The Labute approximate surface area is 152 Å². The molecule has 0 fully saturated rings. The van der Waals surface area contributed by atoms with E-state index in [1.165, 1.54) is 0 Å². The van der Waals surface area contributed by atoms with Gasteiger partial charge >= 0.3 is 11.9 Å². The second-order valence-electron chi connectivity index (χ2n) is 5.96. The number of carbonyl (C=O) groups is 2. The lowest BCUT2D eigenvalue weighted by atomic mass is 10.1. The van der Waals surface area contributed by atoms with Gasteiger partial charge in [-0.05, 0) is 30.0 Å². The van der Waals surface area contributed by atoms with Gasteiger partial charge in [-0.25, -0.2) is 4.79 Å². The molecular formula is C22H20O4. The highest BCUT2D eigenvalue weighted by Gasteiger charge is 2.19. The van der Waals surface area contributed by atoms with Crippen LogP contribution in [0, 0.1) is 0 Å². The molecule has 0 N–H and O–H groups in total. The Balaban J connectivity index is 1.65. The molecular weight excluding hydrogens is 328 g/mol. The zero-order valence-electron chi connectivity index (χ0n) is 14.6. The number of rotatable bonds is 6. The molecule has 0 saturated carbocycles. The molecule has 1 atom stereocenters. The molecule has 26 heavy (non-hydrogen) atoms. The zero-order chi connectivity index (χ0) is 18.4. The molecule has 0 spiro atoms. The van der Waals surface area contributed by atoms with Crippen LogP contribution in [0.3, 0.4) is 0 Å². The van der Waals surface area contributed by atoms with Gasteiger partial charge in [-0.1, -0.05) is 61.5 Å². The molecule has 3 rings (SSSR count). The Kier molecular flexibility index (Phi) is 5.64. The third-order valence-electron chi connectivity index (χ3n) is 4.11. The van der Waals surface area contributed by atoms with Gasteiger partial charge in [0, 0.05) is 5.39 Å². The Bertz CT molecular complexity index is 897. The summed E-state index contributed by atoms with van der Waals surface area (Å²) in [5.74, 6) is -0.346. The predicted octanol–water partition coefficient (Wildman–Crippen LogP) is 4.77. The van der Waals surface area contributed by atoms with Crippen LogP contribution in [0.4, 0.5) is 0 Å². The minimum absolute atomic E-state index is 0.0122. The molecule has 0 radical (unpaired) electrons. The monoisotopic (exact) mass is 348 g/mol. The molecule has 0 heterocycles. The highest BCUT2D eigenvalue weighted by atomic mass is 16.6. The van der Waals surface area contributed by atoms with Crippen molar-refractivity contribution >= 4 is 22.7 Å². The van der Waals surface area contributed by atoms with Crippen molar-refractivity contribution in [2.24, 2.45) is 0 Å². The molecule has 1 unspecified atom stereocenters. The maximum absolute atomic E-state index is 12.3. The maximum Gasteiger partial charge on any atom is 0.338 e. The lowest BCUT2D eigenvalue weighted by Crippen LogP contribution is -2.23. The van der Waals surface area contributed by atoms with Gasteiger partial charge in [0.05, 0.1) is 12.0 Å². The first-order valence-electron chi connectivity index (χ1n) is 8.62. The highest BCUT2D eigenvalue weighted by molar-refractivity contribution is 5.91. The van der Waals surface area contributed by atoms with Crippen LogP contribution in [-0.4, -0.2) is 18.0 Å². The quantitative estimate of drug-likeness (QED) is 0.475. The lowest BCUT2D eigenvalue weighted by Gasteiger charge is -2.16. The number of carbonyl (C=O) groups excluding carboxylic acids is 2. The van der Waals surface area contributed by atoms with E-state index in [0.717, 1.165) is 10.8 Å². The van der Waals surface area contributed by atoms with Crippen molar-refractivity contribution in [3.05, 3.63) is 78.4 Å². The summed E-state index contributed by atoms with van der Waals surface area (Å²) in [7, 11) is 0. The number of ether oxygens (including phenoxy) is 2. The summed E-state index contributed by atoms with van der Waals surface area (Å²) in [6.07, 6.45) is 0.0202. The third-order valence-corrected chi connectivity index (χ3v) is 4.11. The van der Waals surface area contributed by atoms with Gasteiger partial charge in [-0.2, -0.15) is 0 Å². The van der Waals surface area contributed by atoms with Crippen molar-refractivity contribution in [1.29, 1.82) is 0 Å². The molecule has 0 amide bonds. The molecule has 4 heteroatoms. The average Bonchev–Trinajstić information content (AvgIpc) is 2.68. The van der Waals surface area contributed by atoms with Crippen molar-refractivity contribution in [3.63, 3.8) is 0 Å². The number of esters is 2. The van der Waals surface area contributed by atoms with Crippen molar-refractivity contribution in [3.8, 4) is 5.75 Å². The van der Waals surface area contributed by atoms with Crippen LogP contribution in [0.15, 0.2) is 72.8 Å².